The van der Waals surface area contributed by atoms with Crippen LogP contribution >= 0.6 is 0 Å². The molecule has 0 aromatic heterocycles. The van der Waals surface area contributed by atoms with Gasteiger partial charge in [0, 0.05) is 76.2 Å². The van der Waals surface area contributed by atoms with Crippen LogP contribution in [0.15, 0.2) is 96.0 Å². The first-order chi connectivity index (χ1) is 23.5. The number of benzene rings is 3. The average molecular weight is 696 g/mol. The van der Waals surface area contributed by atoms with Gasteiger partial charge in [-0.05, 0) is 90.8 Å². The van der Waals surface area contributed by atoms with Crippen molar-refractivity contribution in [3.8, 4) is 0 Å². The molecule has 0 amide bonds. The van der Waals surface area contributed by atoms with Gasteiger partial charge < -0.3 is 36.4 Å². The average Bonchev–Trinajstić information content (AvgIpc) is 3.10. The van der Waals surface area contributed by atoms with E-state index in [0.29, 0.717) is 64.8 Å². The molecular formula is C37H57N3O6Si2. The Morgan fingerprint density at radius 2 is 0.792 bits per heavy atom. The lowest BCUT2D eigenvalue weighted by atomic mass is 10.2. The molecule has 11 heteroatoms. The maximum atomic E-state index is 6.22. The van der Waals surface area contributed by atoms with E-state index in [0.717, 1.165) is 35.9 Å². The molecule has 3 rings (SSSR count). The topological polar surface area (TPSA) is 74.2 Å². The number of anilines is 2. The van der Waals surface area contributed by atoms with Gasteiger partial charge in [0.25, 0.3) is 0 Å². The van der Waals surface area contributed by atoms with E-state index >= 15 is 0 Å². The van der Waals surface area contributed by atoms with E-state index in [9.17, 15) is 0 Å². The summed E-state index contributed by atoms with van der Waals surface area (Å²) in [6.07, 6.45) is 1.57. The number of hydrogen-bond donors (Lipinski definition) is 0. The highest BCUT2D eigenvalue weighted by molar-refractivity contribution is 6.61. The van der Waals surface area contributed by atoms with Crippen LogP contribution in [-0.2, 0) is 26.6 Å². The fourth-order valence-electron chi connectivity index (χ4n) is 5.70. The first-order valence-electron chi connectivity index (χ1n) is 17.6. The third-order valence-electron chi connectivity index (χ3n) is 7.52. The Labute approximate surface area is 291 Å². The normalized spacial score (nSPS) is 11.8. The molecule has 0 bridgehead atoms. The Hall–Kier alpha value is -2.88. The molecule has 9 nitrogen and oxygen atoms in total. The van der Waals surface area contributed by atoms with Gasteiger partial charge in [-0.15, -0.1) is 0 Å². The van der Waals surface area contributed by atoms with Gasteiger partial charge in [0.2, 0.25) is 5.96 Å². The highest BCUT2D eigenvalue weighted by atomic mass is 28.4. The van der Waals surface area contributed by atoms with Crippen LogP contribution in [0, 0.1) is 0 Å². The second-order valence-electron chi connectivity index (χ2n) is 10.9. The minimum Gasteiger partial charge on any atom is -0.374 e. The summed E-state index contributed by atoms with van der Waals surface area (Å²) in [5, 5.41) is 0. The van der Waals surface area contributed by atoms with Crippen molar-refractivity contribution in [2.75, 3.05) is 62.5 Å². The molecule has 0 atom stereocenters. The van der Waals surface area contributed by atoms with Crippen LogP contribution in [0.1, 0.15) is 54.4 Å². The largest absolute Gasteiger partial charge is 0.500 e. The van der Waals surface area contributed by atoms with Gasteiger partial charge in [0.1, 0.15) is 0 Å². The fraction of sp³-hybridized carbons (Fsp3) is 0.486. The summed E-state index contributed by atoms with van der Waals surface area (Å²) in [6.45, 7) is 16.6. The predicted octanol–water partition coefficient (Wildman–Crippen LogP) is 8.56. The van der Waals surface area contributed by atoms with E-state index in [1.807, 2.05) is 84.0 Å². The van der Waals surface area contributed by atoms with Crippen molar-refractivity contribution < 1.29 is 26.6 Å². The summed E-state index contributed by atoms with van der Waals surface area (Å²) < 4.78 is 37.3. The highest BCUT2D eigenvalue weighted by Crippen LogP contribution is 2.27. The molecule has 0 heterocycles. The van der Waals surface area contributed by atoms with E-state index in [-0.39, 0.29) is 0 Å². The van der Waals surface area contributed by atoms with Gasteiger partial charge >= 0.3 is 17.6 Å². The van der Waals surface area contributed by atoms with Gasteiger partial charge in [0.15, 0.2) is 0 Å². The summed E-state index contributed by atoms with van der Waals surface area (Å²) in [5.41, 5.74) is 2.97. The molecule has 0 aliphatic carbocycles. The molecule has 0 saturated heterocycles. The standard InChI is InChI=1S/C37H57N3O6Si2/c1-7-41-47(42-8-2,43-9-3)32-22-30-39(35-26-18-14-19-27-35)37(38-34-24-16-13-17-25-34)40(36-28-20-15-21-29-36)31-23-33-48(44-10-4,45-11-5)46-12-6/h13-21,24-29H,7-12,22-23,30-33H2,1-6H3. The second-order valence-corrected chi connectivity index (χ2v) is 16.4. The van der Waals surface area contributed by atoms with Gasteiger partial charge in [0.05, 0.1) is 5.69 Å². The number of aliphatic imine (C=N–C) groups is 1. The van der Waals surface area contributed by atoms with Crippen LogP contribution < -0.4 is 9.80 Å². The first-order valence-corrected chi connectivity index (χ1v) is 21.5. The molecule has 0 saturated carbocycles. The Morgan fingerprint density at radius 1 is 0.479 bits per heavy atom. The molecule has 0 N–H and O–H groups in total. The number of para-hydroxylation sites is 3. The lowest BCUT2D eigenvalue weighted by molar-refractivity contribution is 0.0702. The summed E-state index contributed by atoms with van der Waals surface area (Å²) in [6, 6.07) is 32.5. The minimum absolute atomic E-state index is 0.549. The zero-order chi connectivity index (χ0) is 34.5. The second kappa shape index (κ2) is 22.0. The fourth-order valence-corrected chi connectivity index (χ4v) is 10.9. The third-order valence-corrected chi connectivity index (χ3v) is 13.8. The van der Waals surface area contributed by atoms with E-state index in [1.54, 1.807) is 0 Å². The van der Waals surface area contributed by atoms with Gasteiger partial charge in [-0.2, -0.15) is 0 Å². The quantitative estimate of drug-likeness (QED) is 0.0555. The van der Waals surface area contributed by atoms with Crippen molar-refractivity contribution in [1.29, 1.82) is 0 Å². The lowest BCUT2D eigenvalue weighted by Crippen LogP contribution is -2.49. The Balaban J connectivity index is 2.08. The summed E-state index contributed by atoms with van der Waals surface area (Å²) in [7, 11) is -5.69. The molecule has 0 aliphatic rings. The third kappa shape index (κ3) is 12.2. The van der Waals surface area contributed by atoms with E-state index in [1.165, 1.54) is 0 Å². The molecule has 3 aromatic carbocycles. The van der Waals surface area contributed by atoms with Crippen LogP contribution in [0.2, 0.25) is 12.1 Å². The SMILES string of the molecule is CCO[Si](CCCN(C(=Nc1ccccc1)N(CCC[Si](OCC)(OCC)OCC)c1ccccc1)c1ccccc1)(OCC)OCC. The van der Waals surface area contributed by atoms with Gasteiger partial charge in [-0.3, -0.25) is 0 Å². The molecule has 3 aromatic rings. The number of guanidine groups is 1. The predicted molar refractivity (Wildman–Crippen MR) is 201 cm³/mol. The smallest absolute Gasteiger partial charge is 0.374 e. The van der Waals surface area contributed by atoms with Gasteiger partial charge in [-0.25, -0.2) is 4.99 Å². The van der Waals surface area contributed by atoms with Crippen LogP contribution in [0.5, 0.6) is 0 Å². The Bertz CT molecular complexity index is 1180. The lowest BCUT2D eigenvalue weighted by Gasteiger charge is -2.36. The molecule has 48 heavy (non-hydrogen) atoms. The Morgan fingerprint density at radius 3 is 1.10 bits per heavy atom. The maximum Gasteiger partial charge on any atom is 0.500 e. The van der Waals surface area contributed by atoms with Crippen molar-refractivity contribution >= 4 is 40.6 Å². The van der Waals surface area contributed by atoms with Crippen LogP contribution in [0.4, 0.5) is 17.1 Å². The van der Waals surface area contributed by atoms with E-state index in [4.69, 9.17) is 31.5 Å². The zero-order valence-electron chi connectivity index (χ0n) is 29.9. The van der Waals surface area contributed by atoms with Crippen molar-refractivity contribution in [3.05, 3.63) is 91.0 Å². The number of hydrogen-bond acceptors (Lipinski definition) is 7. The monoisotopic (exact) mass is 695 g/mol. The van der Waals surface area contributed by atoms with E-state index in [2.05, 4.69) is 58.3 Å². The first kappa shape index (κ1) is 39.6. The molecule has 0 aliphatic heterocycles. The molecule has 0 radical (unpaired) electrons. The molecule has 264 valence electrons. The van der Waals surface area contributed by atoms with Crippen molar-refractivity contribution in [2.45, 2.75) is 66.5 Å². The highest BCUT2D eigenvalue weighted by Gasteiger charge is 2.41. The van der Waals surface area contributed by atoms with E-state index < -0.39 is 17.6 Å². The number of nitrogens with zero attached hydrogens (tertiary/aromatic N) is 3. The molecule has 0 fully saturated rings. The van der Waals surface area contributed by atoms with Gasteiger partial charge in [-0.1, -0.05) is 54.6 Å². The minimum atomic E-state index is -2.85. The van der Waals surface area contributed by atoms with Crippen molar-refractivity contribution in [2.24, 2.45) is 4.99 Å². The van der Waals surface area contributed by atoms with Crippen LogP contribution in [0.25, 0.3) is 0 Å². The molecular weight excluding hydrogens is 639 g/mol. The van der Waals surface area contributed by atoms with Crippen LogP contribution in [0.3, 0.4) is 0 Å². The van der Waals surface area contributed by atoms with Crippen molar-refractivity contribution in [1.82, 2.24) is 0 Å². The molecule has 0 unspecified atom stereocenters. The summed E-state index contributed by atoms with van der Waals surface area (Å²) >= 11 is 0. The molecule has 0 spiro atoms. The number of rotatable bonds is 23. The maximum absolute atomic E-state index is 6.22. The summed E-state index contributed by atoms with van der Waals surface area (Å²) in [4.78, 5) is 9.98. The Kier molecular flexibility index (Phi) is 18.1. The van der Waals surface area contributed by atoms with Crippen LogP contribution in [-0.4, -0.2) is 76.3 Å². The zero-order valence-corrected chi connectivity index (χ0v) is 31.9. The summed E-state index contributed by atoms with van der Waals surface area (Å²) in [5.74, 6) is 0.826. The van der Waals surface area contributed by atoms with Crippen molar-refractivity contribution in [3.63, 3.8) is 0 Å².